The molecule has 10 nitrogen and oxygen atoms in total. The van der Waals surface area contributed by atoms with E-state index < -0.39 is 10.0 Å². The quantitative estimate of drug-likeness (QED) is 0.412. The molecule has 2 saturated heterocycles. The van der Waals surface area contributed by atoms with Crippen LogP contribution < -0.4 is 10.2 Å². The van der Waals surface area contributed by atoms with Crippen LogP contribution in [0.4, 0.5) is 10.9 Å². The number of anilines is 2. The first-order chi connectivity index (χ1) is 20.3. The number of aromatic nitrogens is 2. The van der Waals surface area contributed by atoms with Crippen molar-refractivity contribution in [3.8, 4) is 0 Å². The minimum atomic E-state index is -3.56. The molecule has 1 amide bonds. The van der Waals surface area contributed by atoms with E-state index in [0.29, 0.717) is 24.1 Å². The van der Waals surface area contributed by atoms with Gasteiger partial charge < -0.3 is 20.0 Å². The number of nitrogens with zero attached hydrogens (tertiary/aromatic N) is 6. The van der Waals surface area contributed by atoms with Gasteiger partial charge in [-0.1, -0.05) is 49.2 Å². The number of nitrogens with one attached hydrogen (secondary N) is 1. The van der Waals surface area contributed by atoms with Crippen LogP contribution in [0.1, 0.15) is 43.6 Å². The van der Waals surface area contributed by atoms with E-state index in [0.717, 1.165) is 80.3 Å². The van der Waals surface area contributed by atoms with Crippen molar-refractivity contribution in [2.24, 2.45) is 5.92 Å². The Hall–Kier alpha value is -2.64. The number of rotatable bonds is 8. The lowest BCUT2D eigenvalue weighted by molar-refractivity contribution is -0.118. The third kappa shape index (κ3) is 6.47. The number of benzene rings is 1. The number of carbonyl (C=O) groups excluding carboxylic acids is 1. The molecular weight excluding hydrogens is 571 g/mol. The second-order valence-electron chi connectivity index (χ2n) is 12.0. The molecule has 12 heteroatoms. The highest BCUT2D eigenvalue weighted by molar-refractivity contribution is 7.89. The van der Waals surface area contributed by atoms with E-state index in [1.165, 1.54) is 24.2 Å². The summed E-state index contributed by atoms with van der Waals surface area (Å²) < 4.78 is 28.1. The second-order valence-corrected chi connectivity index (χ2v) is 14.9. The topological polar surface area (TPSA) is 102 Å². The first kappa shape index (κ1) is 29.4. The number of hydrogen-bond acceptors (Lipinski definition) is 9. The van der Waals surface area contributed by atoms with Gasteiger partial charge in [-0.2, -0.15) is 4.31 Å². The van der Waals surface area contributed by atoms with Crippen molar-refractivity contribution in [3.63, 3.8) is 0 Å². The average molecular weight is 612 g/mol. The molecule has 3 fully saturated rings. The van der Waals surface area contributed by atoms with Crippen LogP contribution in [0.2, 0.25) is 0 Å². The molecule has 1 unspecified atom stereocenters. The number of hydrogen-bond donors (Lipinski definition) is 1. The Morgan fingerprint density at radius 2 is 1.55 bits per heavy atom. The van der Waals surface area contributed by atoms with E-state index in [2.05, 4.69) is 32.0 Å². The molecule has 1 saturated carbocycles. The second kappa shape index (κ2) is 12.5. The predicted molar refractivity (Wildman–Crippen MR) is 168 cm³/mol. The lowest BCUT2D eigenvalue weighted by atomic mass is 9.87. The third-order valence-corrected chi connectivity index (χ3v) is 11.8. The molecule has 6 rings (SSSR count). The molecule has 4 heterocycles. The highest BCUT2D eigenvalue weighted by Gasteiger charge is 2.30. The molecule has 0 bridgehead atoms. The third-order valence-electron chi connectivity index (χ3n) is 9.04. The lowest BCUT2D eigenvalue weighted by Gasteiger charge is -2.33. The molecule has 1 aromatic carbocycles. The average Bonchev–Trinajstić information content (AvgIpc) is 3.65. The molecule has 1 aliphatic carbocycles. The maximum atomic E-state index is 13.8. The van der Waals surface area contributed by atoms with E-state index in [1.54, 1.807) is 16.4 Å². The number of sulfonamides is 1. The molecule has 2 aliphatic heterocycles. The number of pyridine rings is 1. The SMILES string of the molecule is CN1CCN(c2ccc3nc(NC(=O)C(CC4CCCC4)c4ccc(S(=O)(=O)N5CCN(C)CC5)cc4)sc3n2)CC1. The van der Waals surface area contributed by atoms with Gasteiger partial charge in [-0.3, -0.25) is 4.79 Å². The first-order valence-corrected chi connectivity index (χ1v) is 17.3. The van der Waals surface area contributed by atoms with Crippen LogP contribution in [0.15, 0.2) is 41.3 Å². The zero-order chi connectivity index (χ0) is 29.3. The van der Waals surface area contributed by atoms with E-state index in [9.17, 15) is 13.2 Å². The van der Waals surface area contributed by atoms with Gasteiger partial charge in [0, 0.05) is 52.4 Å². The molecule has 0 radical (unpaired) electrons. The summed E-state index contributed by atoms with van der Waals surface area (Å²) in [6.45, 7) is 6.32. The first-order valence-electron chi connectivity index (χ1n) is 15.1. The van der Waals surface area contributed by atoms with Crippen LogP contribution in [0.5, 0.6) is 0 Å². The Bertz CT molecular complexity index is 1490. The molecule has 3 aliphatic rings. The summed E-state index contributed by atoms with van der Waals surface area (Å²) >= 11 is 1.40. The minimum Gasteiger partial charge on any atom is -0.354 e. The van der Waals surface area contributed by atoms with Crippen LogP contribution in [0.3, 0.4) is 0 Å². The molecular formula is C30H41N7O3S2. The van der Waals surface area contributed by atoms with Crippen molar-refractivity contribution < 1.29 is 13.2 Å². The van der Waals surface area contributed by atoms with Gasteiger partial charge in [0.15, 0.2) is 5.13 Å². The van der Waals surface area contributed by atoms with E-state index in [1.807, 2.05) is 31.3 Å². The molecule has 226 valence electrons. The summed E-state index contributed by atoms with van der Waals surface area (Å²) in [4.78, 5) is 31.1. The Kier molecular flexibility index (Phi) is 8.78. The fourth-order valence-corrected chi connectivity index (χ4v) is 8.55. The molecule has 42 heavy (non-hydrogen) atoms. The number of likely N-dealkylation sites (N-methyl/N-ethyl adjacent to an activating group) is 2. The monoisotopic (exact) mass is 611 g/mol. The molecule has 1 atom stereocenters. The van der Waals surface area contributed by atoms with Crippen LogP contribution in [-0.2, 0) is 14.8 Å². The van der Waals surface area contributed by atoms with Crippen molar-refractivity contribution in [3.05, 3.63) is 42.0 Å². The maximum Gasteiger partial charge on any atom is 0.243 e. The fraction of sp³-hybridized carbons (Fsp3) is 0.567. The number of thiazole rings is 1. The number of piperazine rings is 2. The van der Waals surface area contributed by atoms with Gasteiger partial charge in [-0.25, -0.2) is 18.4 Å². The van der Waals surface area contributed by atoms with Gasteiger partial charge in [0.05, 0.1) is 10.8 Å². The van der Waals surface area contributed by atoms with Gasteiger partial charge in [0.25, 0.3) is 0 Å². The van der Waals surface area contributed by atoms with Crippen molar-refractivity contribution in [2.75, 3.05) is 76.7 Å². The number of fused-ring (bicyclic) bond motifs is 1. The zero-order valence-electron chi connectivity index (χ0n) is 24.5. The van der Waals surface area contributed by atoms with Crippen molar-refractivity contribution >= 4 is 48.6 Å². The van der Waals surface area contributed by atoms with Gasteiger partial charge in [0.2, 0.25) is 15.9 Å². The van der Waals surface area contributed by atoms with Gasteiger partial charge in [0.1, 0.15) is 16.2 Å². The standard InChI is InChI=1S/C30H41N7O3S2/c1-34-13-17-36(18-14-34)27-12-11-26-29(32-27)41-30(31-26)33-28(38)25(21-22-5-3-4-6-22)23-7-9-24(10-8-23)42(39,40)37-19-15-35(2)16-20-37/h7-12,22,25H,3-6,13-21H2,1-2H3,(H,31,33,38). The summed E-state index contributed by atoms with van der Waals surface area (Å²) in [6, 6.07) is 11.0. The molecule has 2 aromatic heterocycles. The summed E-state index contributed by atoms with van der Waals surface area (Å²) in [5.41, 5.74) is 1.62. The van der Waals surface area contributed by atoms with E-state index >= 15 is 0 Å². The predicted octanol–water partition coefficient (Wildman–Crippen LogP) is 3.68. The summed E-state index contributed by atoms with van der Waals surface area (Å²) in [6.07, 6.45) is 5.38. The summed E-state index contributed by atoms with van der Waals surface area (Å²) in [7, 11) is 0.577. The van der Waals surface area contributed by atoms with Crippen LogP contribution in [0.25, 0.3) is 10.3 Å². The Labute approximate surface area is 252 Å². The van der Waals surface area contributed by atoms with Gasteiger partial charge in [-0.05, 0) is 56.3 Å². The number of carbonyl (C=O) groups is 1. The number of amides is 1. The normalized spacial score (nSPS) is 20.8. The maximum absolute atomic E-state index is 13.8. The van der Waals surface area contributed by atoms with Crippen LogP contribution in [0, 0.1) is 5.92 Å². The van der Waals surface area contributed by atoms with Gasteiger partial charge in [-0.15, -0.1) is 0 Å². The molecule has 0 spiro atoms. The van der Waals surface area contributed by atoms with E-state index in [-0.39, 0.29) is 16.7 Å². The van der Waals surface area contributed by atoms with Gasteiger partial charge >= 0.3 is 0 Å². The zero-order valence-corrected chi connectivity index (χ0v) is 26.2. The molecule has 1 N–H and O–H groups in total. The Morgan fingerprint density at radius 1 is 0.905 bits per heavy atom. The highest BCUT2D eigenvalue weighted by atomic mass is 32.2. The minimum absolute atomic E-state index is 0.102. The van der Waals surface area contributed by atoms with E-state index in [4.69, 9.17) is 4.98 Å². The Morgan fingerprint density at radius 3 is 2.21 bits per heavy atom. The van der Waals surface area contributed by atoms with Crippen molar-refractivity contribution in [2.45, 2.75) is 42.9 Å². The van der Waals surface area contributed by atoms with Crippen LogP contribution >= 0.6 is 11.3 Å². The lowest BCUT2D eigenvalue weighted by Crippen LogP contribution is -2.47. The van der Waals surface area contributed by atoms with Crippen molar-refractivity contribution in [1.29, 1.82) is 0 Å². The smallest absolute Gasteiger partial charge is 0.243 e. The molecule has 3 aromatic rings. The Balaban J connectivity index is 1.19. The summed E-state index contributed by atoms with van der Waals surface area (Å²) in [5, 5.41) is 3.63. The fourth-order valence-electron chi connectivity index (χ4n) is 6.29. The summed E-state index contributed by atoms with van der Waals surface area (Å²) in [5.74, 6) is 0.949. The largest absolute Gasteiger partial charge is 0.354 e. The van der Waals surface area contributed by atoms with Crippen molar-refractivity contribution in [1.82, 2.24) is 24.1 Å². The highest BCUT2D eigenvalue weighted by Crippen LogP contribution is 2.36. The van der Waals surface area contributed by atoms with Crippen LogP contribution in [-0.4, -0.2) is 105 Å².